The zero-order valence-electron chi connectivity index (χ0n) is 12.3. The Morgan fingerprint density at radius 2 is 2.00 bits per heavy atom. The lowest BCUT2D eigenvalue weighted by molar-refractivity contribution is -0.0810. The molecular weight excluding hydrogens is 274 g/mol. The van der Waals surface area contributed by atoms with Crippen LogP contribution in [0.4, 0.5) is 0 Å². The minimum absolute atomic E-state index is 0.346. The second-order valence-corrected chi connectivity index (χ2v) is 7.64. The van der Waals surface area contributed by atoms with E-state index in [1.54, 1.807) is 12.1 Å². The monoisotopic (exact) mass is 297 g/mol. The molecule has 1 N–H and O–H groups in total. The molecular formula is C15H23NO3S. The van der Waals surface area contributed by atoms with Gasteiger partial charge in [-0.25, -0.2) is 8.42 Å². The lowest BCUT2D eigenvalue weighted by Crippen LogP contribution is -2.43. The van der Waals surface area contributed by atoms with Crippen molar-refractivity contribution in [2.45, 2.75) is 43.2 Å². The van der Waals surface area contributed by atoms with Crippen molar-refractivity contribution in [2.75, 3.05) is 19.4 Å². The van der Waals surface area contributed by atoms with Gasteiger partial charge in [0.05, 0.1) is 10.5 Å². The van der Waals surface area contributed by atoms with E-state index in [2.05, 4.69) is 19.2 Å². The molecule has 0 amide bonds. The van der Waals surface area contributed by atoms with Crippen molar-refractivity contribution >= 4 is 9.84 Å². The van der Waals surface area contributed by atoms with Crippen molar-refractivity contribution < 1.29 is 13.2 Å². The molecule has 5 heteroatoms. The van der Waals surface area contributed by atoms with Crippen LogP contribution < -0.4 is 5.32 Å². The summed E-state index contributed by atoms with van der Waals surface area (Å²) >= 11 is 0. The molecule has 20 heavy (non-hydrogen) atoms. The van der Waals surface area contributed by atoms with Gasteiger partial charge in [-0.15, -0.1) is 0 Å². The van der Waals surface area contributed by atoms with E-state index in [9.17, 15) is 8.42 Å². The lowest BCUT2D eigenvalue weighted by Gasteiger charge is -2.39. The smallest absolute Gasteiger partial charge is 0.175 e. The van der Waals surface area contributed by atoms with Crippen molar-refractivity contribution in [3.05, 3.63) is 29.8 Å². The average Bonchev–Trinajstić information content (AvgIpc) is 2.38. The third-order valence-corrected chi connectivity index (χ3v) is 5.04. The van der Waals surface area contributed by atoms with Gasteiger partial charge < -0.3 is 10.1 Å². The van der Waals surface area contributed by atoms with Crippen LogP contribution in [0.3, 0.4) is 0 Å². The Balaban J connectivity index is 2.21. The van der Waals surface area contributed by atoms with E-state index < -0.39 is 9.84 Å². The molecule has 1 fully saturated rings. The van der Waals surface area contributed by atoms with Crippen molar-refractivity contribution in [2.24, 2.45) is 0 Å². The number of rotatable bonds is 4. The van der Waals surface area contributed by atoms with E-state index in [-0.39, 0.29) is 5.60 Å². The van der Waals surface area contributed by atoms with Gasteiger partial charge in [-0.2, -0.15) is 0 Å². The molecule has 2 rings (SSSR count). The van der Waals surface area contributed by atoms with Crippen LogP contribution >= 0.6 is 0 Å². The Morgan fingerprint density at radius 3 is 2.55 bits per heavy atom. The van der Waals surface area contributed by atoms with E-state index >= 15 is 0 Å². The molecule has 2 unspecified atom stereocenters. The fourth-order valence-corrected chi connectivity index (χ4v) is 3.41. The Bertz CT molecular complexity index is 551. The van der Waals surface area contributed by atoms with Gasteiger partial charge in [0.15, 0.2) is 9.84 Å². The van der Waals surface area contributed by atoms with Crippen molar-refractivity contribution in [3.63, 3.8) is 0 Å². The molecule has 1 aromatic rings. The minimum atomic E-state index is -3.14. The molecule has 1 saturated heterocycles. The molecule has 0 spiro atoms. The summed E-state index contributed by atoms with van der Waals surface area (Å²) in [5.41, 5.74) is 0.689. The normalized spacial score (nSPS) is 27.4. The Kier molecular flexibility index (Phi) is 4.52. The van der Waals surface area contributed by atoms with Crippen LogP contribution in [0, 0.1) is 0 Å². The van der Waals surface area contributed by atoms with Crippen LogP contribution in [0.1, 0.15) is 32.3 Å². The molecule has 4 nitrogen and oxygen atoms in total. The van der Waals surface area contributed by atoms with Gasteiger partial charge in [-0.1, -0.05) is 19.1 Å². The molecule has 0 aromatic heterocycles. The maximum absolute atomic E-state index is 11.5. The molecule has 1 aliphatic heterocycles. The highest BCUT2D eigenvalue weighted by Gasteiger charge is 2.34. The van der Waals surface area contributed by atoms with Crippen LogP contribution in [0.25, 0.3) is 0 Å². The number of nitrogens with one attached hydrogen (secondary N) is 1. The number of benzene rings is 1. The van der Waals surface area contributed by atoms with E-state index in [0.29, 0.717) is 10.9 Å². The number of ether oxygens (including phenoxy) is 1. The zero-order chi connectivity index (χ0) is 14.8. The highest BCUT2D eigenvalue weighted by molar-refractivity contribution is 7.90. The summed E-state index contributed by atoms with van der Waals surface area (Å²) in [6.07, 6.45) is 3.14. The average molecular weight is 297 g/mol. The molecule has 2 atom stereocenters. The Labute approximate surface area is 121 Å². The maximum atomic E-state index is 11.5. The fourth-order valence-electron chi connectivity index (χ4n) is 2.78. The van der Waals surface area contributed by atoms with Crippen LogP contribution in [0.2, 0.25) is 0 Å². The first-order valence-corrected chi connectivity index (χ1v) is 8.92. The molecule has 0 radical (unpaired) electrons. The quantitative estimate of drug-likeness (QED) is 0.924. The number of sulfone groups is 1. The summed E-state index contributed by atoms with van der Waals surface area (Å²) in [5.74, 6) is 0. The van der Waals surface area contributed by atoms with Gasteiger partial charge in [-0.05, 0) is 44.0 Å². The van der Waals surface area contributed by atoms with Gasteiger partial charge in [0.2, 0.25) is 0 Å². The summed E-state index contributed by atoms with van der Waals surface area (Å²) in [6, 6.07) is 7.51. The second kappa shape index (κ2) is 5.84. The van der Waals surface area contributed by atoms with Crippen LogP contribution in [0.5, 0.6) is 0 Å². The minimum Gasteiger partial charge on any atom is -0.370 e. The summed E-state index contributed by atoms with van der Waals surface area (Å²) in [4.78, 5) is 0.351. The molecule has 1 aliphatic rings. The highest BCUT2D eigenvalue weighted by atomic mass is 32.2. The first-order chi connectivity index (χ1) is 9.35. The van der Waals surface area contributed by atoms with Crippen molar-refractivity contribution in [1.82, 2.24) is 5.32 Å². The molecule has 1 aromatic carbocycles. The standard InChI is InChI=1S/C15H23NO3S/c1-4-16-13-9-10-19-15(2,11-13)12-5-7-14(8-6-12)20(3,17)18/h5-8,13,16H,4,9-11H2,1-3H3. The molecule has 0 saturated carbocycles. The Hall–Kier alpha value is -0.910. The molecule has 0 aliphatic carbocycles. The van der Waals surface area contributed by atoms with Gasteiger partial charge in [0, 0.05) is 18.9 Å². The largest absolute Gasteiger partial charge is 0.370 e. The summed E-state index contributed by atoms with van der Waals surface area (Å²) in [7, 11) is -3.14. The van der Waals surface area contributed by atoms with Crippen LogP contribution in [0.15, 0.2) is 29.2 Å². The first-order valence-electron chi connectivity index (χ1n) is 7.03. The number of hydrogen-bond donors (Lipinski definition) is 1. The second-order valence-electron chi connectivity index (χ2n) is 5.62. The van der Waals surface area contributed by atoms with Gasteiger partial charge in [-0.3, -0.25) is 0 Å². The highest BCUT2D eigenvalue weighted by Crippen LogP contribution is 2.35. The molecule has 0 bridgehead atoms. The topological polar surface area (TPSA) is 55.4 Å². The third kappa shape index (κ3) is 3.40. The van der Waals surface area contributed by atoms with Gasteiger partial charge in [0.1, 0.15) is 0 Å². The summed E-state index contributed by atoms with van der Waals surface area (Å²) in [6.45, 7) is 5.86. The Morgan fingerprint density at radius 1 is 1.35 bits per heavy atom. The van der Waals surface area contributed by atoms with E-state index in [4.69, 9.17) is 4.74 Å². The maximum Gasteiger partial charge on any atom is 0.175 e. The summed E-state index contributed by atoms with van der Waals surface area (Å²) in [5, 5.41) is 3.47. The predicted octanol–water partition coefficient (Wildman–Crippen LogP) is 2.09. The zero-order valence-corrected chi connectivity index (χ0v) is 13.2. The number of hydrogen-bond acceptors (Lipinski definition) is 4. The van der Waals surface area contributed by atoms with Crippen molar-refractivity contribution in [1.29, 1.82) is 0 Å². The third-order valence-electron chi connectivity index (χ3n) is 3.91. The molecule has 112 valence electrons. The lowest BCUT2D eigenvalue weighted by atomic mass is 9.86. The van der Waals surface area contributed by atoms with Crippen LogP contribution in [-0.2, 0) is 20.2 Å². The van der Waals surface area contributed by atoms with E-state index in [0.717, 1.165) is 31.6 Å². The van der Waals surface area contributed by atoms with E-state index in [1.807, 2.05) is 12.1 Å². The summed E-state index contributed by atoms with van der Waals surface area (Å²) < 4.78 is 29.0. The first kappa shape index (κ1) is 15.5. The van der Waals surface area contributed by atoms with Crippen LogP contribution in [-0.4, -0.2) is 33.9 Å². The molecule has 1 heterocycles. The van der Waals surface area contributed by atoms with Crippen molar-refractivity contribution in [3.8, 4) is 0 Å². The fraction of sp³-hybridized carbons (Fsp3) is 0.600. The SMILES string of the molecule is CCNC1CCOC(C)(c2ccc(S(C)(=O)=O)cc2)C1. The van der Waals surface area contributed by atoms with Gasteiger partial charge >= 0.3 is 0 Å². The van der Waals surface area contributed by atoms with E-state index in [1.165, 1.54) is 6.26 Å². The predicted molar refractivity (Wildman–Crippen MR) is 79.6 cm³/mol. The van der Waals surface area contributed by atoms with Gasteiger partial charge in [0.25, 0.3) is 0 Å².